The summed E-state index contributed by atoms with van der Waals surface area (Å²) in [5.41, 5.74) is 6.23. The first-order valence-corrected chi connectivity index (χ1v) is 21.6. The predicted molar refractivity (Wildman–Crippen MR) is 231 cm³/mol. The molecule has 2 aliphatic carbocycles. The molecule has 3 aromatic carbocycles. The lowest BCUT2D eigenvalue weighted by Crippen LogP contribution is -2.43. The summed E-state index contributed by atoms with van der Waals surface area (Å²) >= 11 is 0. The zero-order chi connectivity index (χ0) is 43.1. The summed E-state index contributed by atoms with van der Waals surface area (Å²) in [5.74, 6) is 0.0721. The quantitative estimate of drug-likeness (QED) is 0.206. The van der Waals surface area contributed by atoms with Crippen molar-refractivity contribution in [2.75, 3.05) is 31.1 Å². The Morgan fingerprint density at radius 1 is 0.937 bits per heavy atom. The molecule has 63 heavy (non-hydrogen) atoms. The molecule has 16 nitrogen and oxygen atoms in total. The van der Waals surface area contributed by atoms with E-state index >= 15 is 4.39 Å². The summed E-state index contributed by atoms with van der Waals surface area (Å²) in [4.78, 5) is 34.2. The molecule has 4 aliphatic rings. The first-order valence-electron chi connectivity index (χ1n) is 21.6. The van der Waals surface area contributed by atoms with Crippen molar-refractivity contribution in [3.63, 3.8) is 0 Å². The Morgan fingerprint density at radius 3 is 2.43 bits per heavy atom. The van der Waals surface area contributed by atoms with Crippen LogP contribution in [-0.4, -0.2) is 85.3 Å². The lowest BCUT2D eigenvalue weighted by molar-refractivity contribution is -0.0143. The molecule has 3 fully saturated rings. The lowest BCUT2D eigenvalue weighted by atomic mass is 10.1. The molecular formula is C46H46FN11O5. The number of aliphatic hydroxyl groups is 1. The maximum Gasteiger partial charge on any atom is 0.438 e. The van der Waals surface area contributed by atoms with Gasteiger partial charge in [0, 0.05) is 79.6 Å². The molecule has 8 aromatic rings. The smallest absolute Gasteiger partial charge is 0.372 e. The summed E-state index contributed by atoms with van der Waals surface area (Å²) < 4.78 is 35.1. The van der Waals surface area contributed by atoms with Crippen LogP contribution >= 0.6 is 0 Å². The van der Waals surface area contributed by atoms with Crippen LogP contribution in [-0.2, 0) is 30.3 Å². The van der Waals surface area contributed by atoms with Gasteiger partial charge in [-0.1, -0.05) is 12.1 Å². The number of imidazole rings is 1. The molecular weight excluding hydrogens is 806 g/mol. The molecule has 5 aromatic heterocycles. The molecule has 0 radical (unpaired) electrons. The number of hydrogen-bond acceptors (Lipinski definition) is 10. The third-order valence-corrected chi connectivity index (χ3v) is 14.1. The number of morpholine rings is 1. The third kappa shape index (κ3) is 5.78. The molecule has 0 bridgehead atoms. The molecule has 12 rings (SSSR count). The van der Waals surface area contributed by atoms with Crippen LogP contribution in [0.5, 0.6) is 0 Å². The largest absolute Gasteiger partial charge is 0.438 e. The Bertz CT molecular complexity index is 3270. The van der Waals surface area contributed by atoms with Crippen molar-refractivity contribution < 1.29 is 18.8 Å². The second kappa shape index (κ2) is 13.5. The van der Waals surface area contributed by atoms with Gasteiger partial charge in [-0.2, -0.15) is 10.2 Å². The van der Waals surface area contributed by atoms with Crippen LogP contribution in [0.25, 0.3) is 39.0 Å². The number of aliphatic hydroxyl groups excluding tert-OH is 1. The highest BCUT2D eigenvalue weighted by atomic mass is 19.1. The van der Waals surface area contributed by atoms with Gasteiger partial charge in [-0.25, -0.2) is 18.7 Å². The third-order valence-electron chi connectivity index (χ3n) is 14.1. The molecule has 17 heteroatoms. The number of fused-ring (bicyclic) bond motifs is 3. The minimum absolute atomic E-state index is 0.0527. The number of H-pyrrole nitrogens is 1. The fourth-order valence-corrected chi connectivity index (χ4v) is 10.4. The van der Waals surface area contributed by atoms with Crippen molar-refractivity contribution in [3.8, 4) is 17.2 Å². The Morgan fingerprint density at radius 2 is 1.68 bits per heavy atom. The summed E-state index contributed by atoms with van der Waals surface area (Å²) in [5, 5.41) is 28.3. The van der Waals surface area contributed by atoms with Crippen LogP contribution in [0.3, 0.4) is 0 Å². The number of halogens is 1. The molecule has 1 saturated heterocycles. The number of nitrogens with one attached hydrogen (secondary N) is 1. The standard InChI is InChI=1S/C46H46FN11O5/c1-26-17-33(18-27(2)39(26)47)58-40(56-14-13-55(44(56)61)32-6-7-36-30(20-32)23-48-52(36)4)34-24-53(12-9-35(34)50-58)41(59)38-21-29-19-31(54-15-16-62-45(25-54)10-11-45)5-8-37(29)57(38)46(22-28(46)3)42-49-43(60)63-51-42/h5-8,13-14,17-21,23,28,41,59H,9-12,15-16,22,24-25H2,1-4H3,(H,49,51,60)/t28-,41?,46?/m0/s1. The number of nitrogens with zero attached hydrogens (tertiary/aromatic N) is 10. The van der Waals surface area contributed by atoms with Gasteiger partial charge in [0.25, 0.3) is 0 Å². The molecule has 3 atom stereocenters. The van der Waals surface area contributed by atoms with Crippen molar-refractivity contribution in [1.29, 1.82) is 0 Å². The number of aromatic nitrogens is 9. The Balaban J connectivity index is 0.975. The van der Waals surface area contributed by atoms with E-state index in [0.717, 1.165) is 64.7 Å². The van der Waals surface area contributed by atoms with Gasteiger partial charge in [-0.3, -0.25) is 28.2 Å². The lowest BCUT2D eigenvalue weighted by Gasteiger charge is -2.35. The first kappa shape index (κ1) is 38.1. The van der Waals surface area contributed by atoms with Crippen LogP contribution in [0.1, 0.15) is 66.3 Å². The second-order valence-electron chi connectivity index (χ2n) is 18.1. The molecule has 2 N–H and O–H groups in total. The van der Waals surface area contributed by atoms with Crippen LogP contribution in [0.15, 0.2) is 87.3 Å². The van der Waals surface area contributed by atoms with Crippen LogP contribution < -0.4 is 16.3 Å². The number of ether oxygens (including phenoxy) is 1. The van der Waals surface area contributed by atoms with E-state index in [1.54, 1.807) is 63.1 Å². The zero-order valence-corrected chi connectivity index (χ0v) is 35.4. The molecule has 322 valence electrons. The molecule has 2 unspecified atom stereocenters. The highest BCUT2D eigenvalue weighted by molar-refractivity contribution is 5.86. The summed E-state index contributed by atoms with van der Waals surface area (Å²) in [7, 11) is 1.88. The van der Waals surface area contributed by atoms with E-state index in [1.165, 1.54) is 0 Å². The van der Waals surface area contributed by atoms with E-state index < -0.39 is 17.5 Å². The van der Waals surface area contributed by atoms with Crippen molar-refractivity contribution in [2.45, 2.75) is 70.4 Å². The van der Waals surface area contributed by atoms with Gasteiger partial charge in [0.15, 0.2) is 5.82 Å². The van der Waals surface area contributed by atoms with Gasteiger partial charge in [0.1, 0.15) is 23.4 Å². The number of hydrogen-bond donors (Lipinski definition) is 2. The van der Waals surface area contributed by atoms with Gasteiger partial charge in [0.05, 0.1) is 46.7 Å². The minimum Gasteiger partial charge on any atom is -0.372 e. The fraction of sp³-hybridized carbons (Fsp3) is 0.370. The predicted octanol–water partition coefficient (Wildman–Crippen LogP) is 5.29. The zero-order valence-electron chi connectivity index (χ0n) is 35.4. The average molecular weight is 852 g/mol. The summed E-state index contributed by atoms with van der Waals surface area (Å²) in [6, 6.07) is 17.7. The Kier molecular flexibility index (Phi) is 8.16. The topological polar surface area (TPSA) is 162 Å². The van der Waals surface area contributed by atoms with E-state index in [-0.39, 0.29) is 29.6 Å². The number of benzene rings is 3. The van der Waals surface area contributed by atoms with Gasteiger partial charge < -0.3 is 19.3 Å². The van der Waals surface area contributed by atoms with E-state index in [1.807, 2.05) is 30.1 Å². The SMILES string of the molecule is Cc1cc(-n2nc3c(c2-n2ccn(-c4ccc5c(cnn5C)c4)c2=O)CN(C(O)c2cc4cc(N5CCOC6(CC6)C5)ccc4n2C2(c4noc(=O)[nH]4)C[C@@H]2C)CC3)cc(C)c1F. The first-order chi connectivity index (χ1) is 30.4. The number of anilines is 1. The van der Waals surface area contributed by atoms with Gasteiger partial charge >= 0.3 is 11.4 Å². The van der Waals surface area contributed by atoms with E-state index in [2.05, 4.69) is 55.9 Å². The second-order valence-corrected chi connectivity index (χ2v) is 18.1. The van der Waals surface area contributed by atoms with Crippen LogP contribution in [0, 0.1) is 25.6 Å². The molecule has 7 heterocycles. The monoisotopic (exact) mass is 851 g/mol. The highest BCUT2D eigenvalue weighted by Gasteiger charge is 2.59. The van der Waals surface area contributed by atoms with Crippen molar-refractivity contribution >= 4 is 27.5 Å². The summed E-state index contributed by atoms with van der Waals surface area (Å²) in [6.07, 6.45) is 7.41. The van der Waals surface area contributed by atoms with Gasteiger partial charge in [-0.05, 0) is 105 Å². The van der Waals surface area contributed by atoms with Crippen molar-refractivity contribution in [1.82, 2.24) is 48.3 Å². The Hall–Kier alpha value is -6.56. The fourth-order valence-electron chi connectivity index (χ4n) is 10.4. The highest BCUT2D eigenvalue weighted by Crippen LogP contribution is 2.56. The van der Waals surface area contributed by atoms with E-state index in [0.29, 0.717) is 65.8 Å². The number of aryl methyl sites for hydroxylation is 3. The molecule has 2 saturated carbocycles. The average Bonchev–Trinajstić information content (AvgIpc) is 3.70. The normalized spacial score (nSPS) is 21.2. The van der Waals surface area contributed by atoms with Crippen LogP contribution in [0.2, 0.25) is 0 Å². The minimum atomic E-state index is -1.12. The van der Waals surface area contributed by atoms with Crippen molar-refractivity contribution in [3.05, 3.63) is 134 Å². The van der Waals surface area contributed by atoms with Crippen LogP contribution in [0.4, 0.5) is 10.1 Å². The molecule has 0 amide bonds. The van der Waals surface area contributed by atoms with E-state index in [9.17, 15) is 14.7 Å². The Labute approximate surface area is 359 Å². The maximum absolute atomic E-state index is 15.1. The number of rotatable bonds is 8. The number of aromatic amines is 1. The molecule has 2 aliphatic heterocycles. The van der Waals surface area contributed by atoms with Gasteiger partial charge in [0.2, 0.25) is 0 Å². The molecule has 1 spiro atoms. The van der Waals surface area contributed by atoms with Gasteiger partial charge in [-0.15, -0.1) is 0 Å². The van der Waals surface area contributed by atoms with E-state index in [4.69, 9.17) is 14.4 Å². The van der Waals surface area contributed by atoms with Crippen molar-refractivity contribution in [2.24, 2.45) is 13.0 Å². The summed E-state index contributed by atoms with van der Waals surface area (Å²) in [6.45, 7) is 8.56. The maximum atomic E-state index is 15.1.